The second kappa shape index (κ2) is 5.52. The standard InChI is InChI=1S/C12H15BrFNS/c1-8(15-10-4-5-16-7-10)11-6-9(13)2-3-12(11)14/h2-3,6,8,10,15H,4-5,7H2,1H3. The van der Waals surface area contributed by atoms with Gasteiger partial charge in [0.25, 0.3) is 0 Å². The maximum atomic E-state index is 13.6. The van der Waals surface area contributed by atoms with Crippen LogP contribution in [-0.2, 0) is 0 Å². The summed E-state index contributed by atoms with van der Waals surface area (Å²) in [5.74, 6) is 2.22. The Hall–Kier alpha value is -0.0600. The number of hydrogen-bond acceptors (Lipinski definition) is 2. The average molecular weight is 304 g/mol. The van der Waals surface area contributed by atoms with Crippen LogP contribution in [0.2, 0.25) is 0 Å². The predicted molar refractivity (Wildman–Crippen MR) is 71.4 cm³/mol. The van der Waals surface area contributed by atoms with Crippen molar-refractivity contribution < 1.29 is 4.39 Å². The summed E-state index contributed by atoms with van der Waals surface area (Å²) < 4.78 is 14.6. The number of halogens is 2. The van der Waals surface area contributed by atoms with Gasteiger partial charge in [-0.3, -0.25) is 0 Å². The zero-order chi connectivity index (χ0) is 11.5. The zero-order valence-electron chi connectivity index (χ0n) is 9.17. The van der Waals surface area contributed by atoms with Crippen molar-refractivity contribution in [2.24, 2.45) is 0 Å². The molecular weight excluding hydrogens is 289 g/mol. The van der Waals surface area contributed by atoms with Crippen LogP contribution < -0.4 is 5.32 Å². The minimum absolute atomic E-state index is 0.0706. The first-order valence-corrected chi connectivity index (χ1v) is 7.40. The molecule has 1 nitrogen and oxygen atoms in total. The number of thioether (sulfide) groups is 1. The molecule has 88 valence electrons. The summed E-state index contributed by atoms with van der Waals surface area (Å²) in [4.78, 5) is 0. The lowest BCUT2D eigenvalue weighted by atomic mass is 10.1. The Morgan fingerprint density at radius 3 is 3.06 bits per heavy atom. The van der Waals surface area contributed by atoms with Crippen LogP contribution in [0.4, 0.5) is 4.39 Å². The lowest BCUT2D eigenvalue weighted by molar-refractivity contribution is 0.467. The quantitative estimate of drug-likeness (QED) is 0.913. The fraction of sp³-hybridized carbons (Fsp3) is 0.500. The predicted octanol–water partition coefficient (Wildman–Crippen LogP) is 3.74. The number of rotatable bonds is 3. The Bertz CT molecular complexity index is 366. The Balaban J connectivity index is 2.07. The minimum atomic E-state index is -0.131. The van der Waals surface area contributed by atoms with Crippen molar-refractivity contribution >= 4 is 27.7 Å². The van der Waals surface area contributed by atoms with Gasteiger partial charge in [-0.05, 0) is 37.3 Å². The van der Waals surface area contributed by atoms with Gasteiger partial charge >= 0.3 is 0 Å². The first-order valence-electron chi connectivity index (χ1n) is 5.45. The first kappa shape index (κ1) is 12.4. The highest BCUT2D eigenvalue weighted by molar-refractivity contribution is 9.10. The van der Waals surface area contributed by atoms with E-state index in [1.807, 2.05) is 24.8 Å². The van der Waals surface area contributed by atoms with Gasteiger partial charge in [0.15, 0.2) is 0 Å². The highest BCUT2D eigenvalue weighted by atomic mass is 79.9. The monoisotopic (exact) mass is 303 g/mol. The van der Waals surface area contributed by atoms with E-state index in [1.165, 1.54) is 18.2 Å². The summed E-state index contributed by atoms with van der Waals surface area (Å²) in [5, 5.41) is 3.48. The van der Waals surface area contributed by atoms with Gasteiger partial charge in [0.2, 0.25) is 0 Å². The second-order valence-electron chi connectivity index (χ2n) is 4.11. The van der Waals surface area contributed by atoms with Crippen LogP contribution in [0.1, 0.15) is 24.9 Å². The highest BCUT2D eigenvalue weighted by Gasteiger charge is 2.19. The third-order valence-corrected chi connectivity index (χ3v) is 4.50. The van der Waals surface area contributed by atoms with E-state index in [-0.39, 0.29) is 11.9 Å². The van der Waals surface area contributed by atoms with Crippen LogP contribution in [0.15, 0.2) is 22.7 Å². The second-order valence-corrected chi connectivity index (χ2v) is 6.18. The van der Waals surface area contributed by atoms with Crippen molar-refractivity contribution in [1.29, 1.82) is 0 Å². The van der Waals surface area contributed by atoms with Crippen LogP contribution in [-0.4, -0.2) is 17.5 Å². The van der Waals surface area contributed by atoms with E-state index in [2.05, 4.69) is 21.2 Å². The summed E-state index contributed by atoms with van der Waals surface area (Å²) in [6, 6.07) is 5.70. The van der Waals surface area contributed by atoms with Gasteiger partial charge in [-0.15, -0.1) is 0 Å². The van der Waals surface area contributed by atoms with Crippen LogP contribution in [0, 0.1) is 5.82 Å². The highest BCUT2D eigenvalue weighted by Crippen LogP contribution is 2.24. The molecule has 1 aliphatic rings. The number of nitrogens with one attached hydrogen (secondary N) is 1. The molecule has 1 heterocycles. The molecular formula is C12H15BrFNS. The maximum absolute atomic E-state index is 13.6. The minimum Gasteiger partial charge on any atom is -0.306 e. The van der Waals surface area contributed by atoms with Crippen LogP contribution >= 0.6 is 27.7 Å². The molecule has 16 heavy (non-hydrogen) atoms. The topological polar surface area (TPSA) is 12.0 Å². The van der Waals surface area contributed by atoms with Crippen LogP contribution in [0.3, 0.4) is 0 Å². The Labute approximate surface area is 108 Å². The van der Waals surface area contributed by atoms with Gasteiger partial charge in [-0.2, -0.15) is 11.8 Å². The van der Waals surface area contributed by atoms with E-state index in [0.717, 1.165) is 15.8 Å². The molecule has 0 bridgehead atoms. The van der Waals surface area contributed by atoms with E-state index >= 15 is 0 Å². The average Bonchev–Trinajstić information content (AvgIpc) is 2.74. The van der Waals surface area contributed by atoms with Gasteiger partial charge in [0, 0.05) is 27.9 Å². The number of hydrogen-bond donors (Lipinski definition) is 1. The molecule has 0 radical (unpaired) electrons. The maximum Gasteiger partial charge on any atom is 0.128 e. The van der Waals surface area contributed by atoms with Crippen LogP contribution in [0.25, 0.3) is 0 Å². The molecule has 1 saturated heterocycles. The largest absolute Gasteiger partial charge is 0.306 e. The molecule has 1 fully saturated rings. The summed E-state index contributed by atoms with van der Waals surface area (Å²) in [6.45, 7) is 2.02. The fourth-order valence-electron chi connectivity index (χ4n) is 1.96. The lowest BCUT2D eigenvalue weighted by Gasteiger charge is -2.19. The molecule has 4 heteroatoms. The Morgan fingerprint density at radius 2 is 2.38 bits per heavy atom. The van der Waals surface area contributed by atoms with E-state index in [9.17, 15) is 4.39 Å². The lowest BCUT2D eigenvalue weighted by Crippen LogP contribution is -2.31. The summed E-state index contributed by atoms with van der Waals surface area (Å²) >= 11 is 5.34. The third kappa shape index (κ3) is 2.99. The molecule has 2 unspecified atom stereocenters. The van der Waals surface area contributed by atoms with Gasteiger partial charge in [-0.25, -0.2) is 4.39 Å². The molecule has 2 atom stereocenters. The van der Waals surface area contributed by atoms with E-state index in [4.69, 9.17) is 0 Å². The van der Waals surface area contributed by atoms with Crippen molar-refractivity contribution in [1.82, 2.24) is 5.32 Å². The van der Waals surface area contributed by atoms with Crippen LogP contribution in [0.5, 0.6) is 0 Å². The number of benzene rings is 1. The SMILES string of the molecule is CC(NC1CCSC1)c1cc(Br)ccc1F. The molecule has 1 aromatic carbocycles. The van der Waals surface area contributed by atoms with E-state index in [0.29, 0.717) is 6.04 Å². The Kier molecular flexibility index (Phi) is 4.27. The smallest absolute Gasteiger partial charge is 0.128 e. The summed E-state index contributed by atoms with van der Waals surface area (Å²) in [5.41, 5.74) is 0.742. The molecule has 0 aliphatic carbocycles. The molecule has 2 rings (SSSR count). The molecule has 0 saturated carbocycles. The van der Waals surface area contributed by atoms with Crippen molar-refractivity contribution in [3.8, 4) is 0 Å². The molecule has 0 aromatic heterocycles. The third-order valence-electron chi connectivity index (χ3n) is 2.84. The van der Waals surface area contributed by atoms with Crippen molar-refractivity contribution in [3.05, 3.63) is 34.1 Å². The molecule has 0 spiro atoms. The van der Waals surface area contributed by atoms with E-state index < -0.39 is 0 Å². The first-order chi connectivity index (χ1) is 7.66. The van der Waals surface area contributed by atoms with Crippen molar-refractivity contribution in [2.45, 2.75) is 25.4 Å². The molecule has 1 N–H and O–H groups in total. The normalized spacial score (nSPS) is 22.3. The van der Waals surface area contributed by atoms with Gasteiger partial charge in [0.05, 0.1) is 0 Å². The van der Waals surface area contributed by atoms with Gasteiger partial charge in [0.1, 0.15) is 5.82 Å². The summed E-state index contributed by atoms with van der Waals surface area (Å²) in [6.07, 6.45) is 1.19. The molecule has 1 aromatic rings. The van der Waals surface area contributed by atoms with Crippen molar-refractivity contribution in [3.63, 3.8) is 0 Å². The van der Waals surface area contributed by atoms with Gasteiger partial charge in [-0.1, -0.05) is 15.9 Å². The van der Waals surface area contributed by atoms with E-state index in [1.54, 1.807) is 6.07 Å². The van der Waals surface area contributed by atoms with Gasteiger partial charge < -0.3 is 5.32 Å². The molecule has 0 amide bonds. The molecule has 1 aliphatic heterocycles. The zero-order valence-corrected chi connectivity index (χ0v) is 11.6. The summed E-state index contributed by atoms with van der Waals surface area (Å²) in [7, 11) is 0. The van der Waals surface area contributed by atoms with Crippen molar-refractivity contribution in [2.75, 3.05) is 11.5 Å². The Morgan fingerprint density at radius 1 is 1.56 bits per heavy atom. The fourth-order valence-corrected chi connectivity index (χ4v) is 3.50.